The molecule has 0 aliphatic heterocycles. The molecule has 0 fully saturated rings. The molecule has 0 unspecified atom stereocenters. The van der Waals surface area contributed by atoms with E-state index in [9.17, 15) is 4.79 Å². The highest BCUT2D eigenvalue weighted by Crippen LogP contribution is 2.23. The lowest BCUT2D eigenvalue weighted by Crippen LogP contribution is -2.27. The van der Waals surface area contributed by atoms with Crippen LogP contribution in [0, 0.1) is 16.7 Å². The molecule has 4 nitrogen and oxygen atoms in total. The summed E-state index contributed by atoms with van der Waals surface area (Å²) in [5.74, 6) is -0.120. The monoisotopic (exact) mass is 281 g/mol. The average Bonchev–Trinajstić information content (AvgIpc) is 2.19. The normalized spacial score (nSPS) is 10.7. The first-order chi connectivity index (χ1) is 7.34. The second-order valence-corrected chi connectivity index (χ2v) is 5.13. The molecule has 0 bridgehead atoms. The van der Waals surface area contributed by atoms with Gasteiger partial charge in [0.1, 0.15) is 10.7 Å². The predicted octanol–water partition coefficient (Wildman–Crippen LogP) is 2.70. The summed E-state index contributed by atoms with van der Waals surface area (Å²) in [6, 6.07) is 3.56. The lowest BCUT2D eigenvalue weighted by Gasteiger charge is -2.18. The molecule has 0 saturated carbocycles. The molecule has 1 rings (SSSR count). The average molecular weight is 282 g/mol. The van der Waals surface area contributed by atoms with Gasteiger partial charge in [0.25, 0.3) is 0 Å². The number of amides is 1. The maximum atomic E-state index is 11.7. The van der Waals surface area contributed by atoms with Crippen molar-refractivity contribution < 1.29 is 4.79 Å². The maximum absolute atomic E-state index is 11.7. The SMILES string of the molecule is CC(C)(C)C(=O)Nc1cc(C#N)cnc1Br. The first-order valence-electron chi connectivity index (χ1n) is 4.71. The van der Waals surface area contributed by atoms with E-state index in [1.807, 2.05) is 26.8 Å². The molecule has 1 amide bonds. The second kappa shape index (κ2) is 4.62. The van der Waals surface area contributed by atoms with Crippen LogP contribution in [0.5, 0.6) is 0 Å². The van der Waals surface area contributed by atoms with Crippen LogP contribution in [-0.2, 0) is 4.79 Å². The molecule has 0 aromatic carbocycles. The fourth-order valence-electron chi connectivity index (χ4n) is 0.907. The number of nitrogens with zero attached hydrogens (tertiary/aromatic N) is 2. The Morgan fingerprint density at radius 2 is 2.19 bits per heavy atom. The molecule has 84 valence electrons. The lowest BCUT2D eigenvalue weighted by atomic mass is 9.95. The number of halogens is 1. The molecule has 1 aromatic heterocycles. The third kappa shape index (κ3) is 3.04. The molecular weight excluding hydrogens is 270 g/mol. The molecule has 0 spiro atoms. The van der Waals surface area contributed by atoms with Crippen LogP contribution in [0.4, 0.5) is 5.69 Å². The van der Waals surface area contributed by atoms with Gasteiger partial charge in [0, 0.05) is 11.6 Å². The number of pyridine rings is 1. The summed E-state index contributed by atoms with van der Waals surface area (Å²) in [7, 11) is 0. The van der Waals surface area contributed by atoms with Crippen molar-refractivity contribution >= 4 is 27.5 Å². The summed E-state index contributed by atoms with van der Waals surface area (Å²) in [6.45, 7) is 5.45. The van der Waals surface area contributed by atoms with Gasteiger partial charge in [0.15, 0.2) is 0 Å². The van der Waals surface area contributed by atoms with Crippen molar-refractivity contribution in [3.63, 3.8) is 0 Å². The molecule has 5 heteroatoms. The zero-order valence-electron chi connectivity index (χ0n) is 9.34. The molecule has 0 atom stereocenters. The van der Waals surface area contributed by atoms with E-state index in [0.717, 1.165) is 0 Å². The topological polar surface area (TPSA) is 65.8 Å². The van der Waals surface area contributed by atoms with E-state index < -0.39 is 5.41 Å². The van der Waals surface area contributed by atoms with E-state index in [1.54, 1.807) is 6.07 Å². The molecule has 0 aliphatic carbocycles. The third-order valence-corrected chi connectivity index (χ3v) is 2.53. The van der Waals surface area contributed by atoms with Gasteiger partial charge >= 0.3 is 0 Å². The Morgan fingerprint density at radius 3 is 2.69 bits per heavy atom. The zero-order chi connectivity index (χ0) is 12.3. The standard InChI is InChI=1S/C11H12BrN3O/c1-11(2,3)10(16)15-8-4-7(5-13)6-14-9(8)12/h4,6H,1-3H3,(H,15,16). The number of hydrogen-bond donors (Lipinski definition) is 1. The number of aromatic nitrogens is 1. The summed E-state index contributed by atoms with van der Waals surface area (Å²) >= 11 is 3.22. The highest BCUT2D eigenvalue weighted by atomic mass is 79.9. The van der Waals surface area contributed by atoms with Gasteiger partial charge < -0.3 is 5.32 Å². The van der Waals surface area contributed by atoms with Crippen LogP contribution in [0.25, 0.3) is 0 Å². The summed E-state index contributed by atoms with van der Waals surface area (Å²) in [5.41, 5.74) is 0.439. The number of nitrogens with one attached hydrogen (secondary N) is 1. The van der Waals surface area contributed by atoms with Gasteiger partial charge in [0.2, 0.25) is 5.91 Å². The summed E-state index contributed by atoms with van der Waals surface area (Å²) < 4.78 is 0.518. The number of carbonyl (C=O) groups is 1. The first kappa shape index (κ1) is 12.7. The van der Waals surface area contributed by atoms with Gasteiger partial charge in [-0.05, 0) is 22.0 Å². The minimum atomic E-state index is -0.484. The van der Waals surface area contributed by atoms with Crippen molar-refractivity contribution in [1.29, 1.82) is 5.26 Å². The van der Waals surface area contributed by atoms with Gasteiger partial charge in [-0.15, -0.1) is 0 Å². The minimum absolute atomic E-state index is 0.120. The quantitative estimate of drug-likeness (QED) is 0.805. The smallest absolute Gasteiger partial charge is 0.229 e. The molecule has 0 saturated heterocycles. The molecule has 0 radical (unpaired) electrons. The van der Waals surface area contributed by atoms with Crippen molar-refractivity contribution in [2.75, 3.05) is 5.32 Å². The van der Waals surface area contributed by atoms with E-state index >= 15 is 0 Å². The van der Waals surface area contributed by atoms with E-state index in [2.05, 4.69) is 26.2 Å². The van der Waals surface area contributed by atoms with Crippen LogP contribution >= 0.6 is 15.9 Å². The number of anilines is 1. The van der Waals surface area contributed by atoms with Crippen LogP contribution in [-0.4, -0.2) is 10.9 Å². The highest BCUT2D eigenvalue weighted by molar-refractivity contribution is 9.10. The number of nitriles is 1. The van der Waals surface area contributed by atoms with Crippen molar-refractivity contribution in [3.8, 4) is 6.07 Å². The van der Waals surface area contributed by atoms with Crippen molar-refractivity contribution in [2.24, 2.45) is 5.41 Å². The lowest BCUT2D eigenvalue weighted by molar-refractivity contribution is -0.123. The largest absolute Gasteiger partial charge is 0.323 e. The molecular formula is C11H12BrN3O. The summed E-state index contributed by atoms with van der Waals surface area (Å²) in [4.78, 5) is 15.7. The van der Waals surface area contributed by atoms with Gasteiger partial charge in [-0.1, -0.05) is 20.8 Å². The van der Waals surface area contributed by atoms with E-state index in [1.165, 1.54) is 6.20 Å². The fraction of sp³-hybridized carbons (Fsp3) is 0.364. The van der Waals surface area contributed by atoms with Crippen molar-refractivity contribution in [1.82, 2.24) is 4.98 Å². The third-order valence-electron chi connectivity index (χ3n) is 1.90. The highest BCUT2D eigenvalue weighted by Gasteiger charge is 2.22. The maximum Gasteiger partial charge on any atom is 0.229 e. The Balaban J connectivity index is 2.98. The van der Waals surface area contributed by atoms with Crippen molar-refractivity contribution in [3.05, 3.63) is 22.4 Å². The van der Waals surface area contributed by atoms with Crippen LogP contribution < -0.4 is 5.32 Å². The minimum Gasteiger partial charge on any atom is -0.323 e. The second-order valence-electron chi connectivity index (χ2n) is 4.38. The zero-order valence-corrected chi connectivity index (χ0v) is 10.9. The molecule has 0 aliphatic rings. The fourth-order valence-corrected chi connectivity index (χ4v) is 1.22. The van der Waals surface area contributed by atoms with Crippen LogP contribution in [0.3, 0.4) is 0 Å². The molecule has 1 N–H and O–H groups in total. The van der Waals surface area contributed by atoms with E-state index in [0.29, 0.717) is 15.9 Å². The number of rotatable bonds is 1. The Labute approximate surface area is 103 Å². The van der Waals surface area contributed by atoms with E-state index in [-0.39, 0.29) is 5.91 Å². The van der Waals surface area contributed by atoms with E-state index in [4.69, 9.17) is 5.26 Å². The Kier molecular flexibility index (Phi) is 3.66. The van der Waals surface area contributed by atoms with Crippen molar-refractivity contribution in [2.45, 2.75) is 20.8 Å². The van der Waals surface area contributed by atoms with Gasteiger partial charge in [-0.25, -0.2) is 4.98 Å². The molecule has 1 heterocycles. The van der Waals surface area contributed by atoms with Gasteiger partial charge in [0.05, 0.1) is 11.3 Å². The van der Waals surface area contributed by atoms with Crippen LogP contribution in [0.15, 0.2) is 16.9 Å². The first-order valence-corrected chi connectivity index (χ1v) is 5.51. The van der Waals surface area contributed by atoms with Crippen LogP contribution in [0.2, 0.25) is 0 Å². The van der Waals surface area contributed by atoms with Gasteiger partial charge in [-0.3, -0.25) is 4.79 Å². The molecule has 16 heavy (non-hydrogen) atoms. The molecule has 1 aromatic rings. The summed E-state index contributed by atoms with van der Waals surface area (Å²) in [5, 5.41) is 11.5. The predicted molar refractivity (Wildman–Crippen MR) is 64.7 cm³/mol. The summed E-state index contributed by atoms with van der Waals surface area (Å²) in [6.07, 6.45) is 1.44. The number of hydrogen-bond acceptors (Lipinski definition) is 3. The number of carbonyl (C=O) groups excluding carboxylic acids is 1. The Morgan fingerprint density at radius 1 is 1.56 bits per heavy atom. The Bertz CT molecular complexity index is 457. The Hall–Kier alpha value is -1.41. The van der Waals surface area contributed by atoms with Gasteiger partial charge in [-0.2, -0.15) is 5.26 Å². The van der Waals surface area contributed by atoms with Crippen LogP contribution in [0.1, 0.15) is 26.3 Å².